The number of nitrogens with one attached hydrogen (secondary N) is 2. The van der Waals surface area contributed by atoms with Gasteiger partial charge in [0, 0.05) is 32.2 Å². The van der Waals surface area contributed by atoms with Crippen molar-refractivity contribution in [2.24, 2.45) is 4.99 Å². The fourth-order valence-electron chi connectivity index (χ4n) is 3.00. The smallest absolute Gasteiger partial charge is 0.191 e. The van der Waals surface area contributed by atoms with Gasteiger partial charge in [-0.2, -0.15) is 0 Å². The van der Waals surface area contributed by atoms with Gasteiger partial charge in [-0.1, -0.05) is 49.3 Å². The van der Waals surface area contributed by atoms with Crippen LogP contribution in [0.5, 0.6) is 0 Å². The van der Waals surface area contributed by atoms with Crippen LogP contribution < -0.4 is 10.6 Å². The molecule has 0 radical (unpaired) electrons. The average molecular weight is 373 g/mol. The van der Waals surface area contributed by atoms with Gasteiger partial charge in [0.05, 0.1) is 11.8 Å². The van der Waals surface area contributed by atoms with Gasteiger partial charge in [-0.3, -0.25) is 0 Å². The van der Waals surface area contributed by atoms with Gasteiger partial charge in [-0.05, 0) is 25.3 Å². The van der Waals surface area contributed by atoms with E-state index in [9.17, 15) is 0 Å². The van der Waals surface area contributed by atoms with Crippen molar-refractivity contribution in [3.05, 3.63) is 53.4 Å². The third kappa shape index (κ3) is 6.40. The predicted molar refractivity (Wildman–Crippen MR) is 109 cm³/mol. The Morgan fingerprint density at radius 2 is 1.89 bits per heavy atom. The molecule has 1 unspecified atom stereocenters. The van der Waals surface area contributed by atoms with Crippen LogP contribution in [-0.4, -0.2) is 31.3 Å². The fourth-order valence-corrected chi connectivity index (χ4v) is 3.00. The number of aromatic nitrogens is 1. The van der Waals surface area contributed by atoms with Crippen LogP contribution in [0.2, 0.25) is 0 Å². The summed E-state index contributed by atoms with van der Waals surface area (Å²) < 4.78 is 11.1. The number of rotatable bonds is 10. The van der Waals surface area contributed by atoms with Crippen molar-refractivity contribution in [1.29, 1.82) is 0 Å². The Bertz CT molecular complexity index is 680. The van der Waals surface area contributed by atoms with Gasteiger partial charge < -0.3 is 19.9 Å². The van der Waals surface area contributed by atoms with Gasteiger partial charge in [0.25, 0.3) is 0 Å². The van der Waals surface area contributed by atoms with Gasteiger partial charge in [-0.25, -0.2) is 4.99 Å². The van der Waals surface area contributed by atoms with E-state index in [4.69, 9.17) is 9.26 Å². The molecule has 1 atom stereocenters. The zero-order valence-electron chi connectivity index (χ0n) is 16.9. The molecule has 0 amide bonds. The minimum absolute atomic E-state index is 0.0400. The van der Waals surface area contributed by atoms with Crippen LogP contribution in [0.3, 0.4) is 0 Å². The lowest BCUT2D eigenvalue weighted by atomic mass is 9.99. The van der Waals surface area contributed by atoms with E-state index in [2.05, 4.69) is 46.8 Å². The molecule has 0 fully saturated rings. The lowest BCUT2D eigenvalue weighted by Crippen LogP contribution is -2.39. The Kier molecular flexibility index (Phi) is 8.84. The van der Waals surface area contributed by atoms with Gasteiger partial charge in [-0.15, -0.1) is 0 Å². The summed E-state index contributed by atoms with van der Waals surface area (Å²) in [6, 6.07) is 12.2. The maximum absolute atomic E-state index is 5.61. The molecule has 2 N–H and O–H groups in total. The monoisotopic (exact) mass is 372 g/mol. The van der Waals surface area contributed by atoms with Crippen LogP contribution in [0.15, 0.2) is 45.9 Å². The van der Waals surface area contributed by atoms with Crippen LogP contribution in [0.4, 0.5) is 0 Å². The first-order chi connectivity index (χ1) is 13.2. The molecule has 1 heterocycles. The molecule has 148 valence electrons. The summed E-state index contributed by atoms with van der Waals surface area (Å²) >= 11 is 0. The minimum Gasteiger partial charge on any atom is -0.375 e. The van der Waals surface area contributed by atoms with E-state index in [0.717, 1.165) is 42.4 Å². The largest absolute Gasteiger partial charge is 0.375 e. The summed E-state index contributed by atoms with van der Waals surface area (Å²) in [7, 11) is 1.72. The van der Waals surface area contributed by atoms with Crippen LogP contribution >= 0.6 is 0 Å². The van der Waals surface area contributed by atoms with E-state index < -0.39 is 0 Å². The van der Waals surface area contributed by atoms with E-state index in [1.165, 1.54) is 0 Å². The van der Waals surface area contributed by atoms with Gasteiger partial charge in [0.1, 0.15) is 6.54 Å². The summed E-state index contributed by atoms with van der Waals surface area (Å²) in [5.74, 6) is 1.96. The first-order valence-corrected chi connectivity index (χ1v) is 9.77. The molecule has 6 nitrogen and oxygen atoms in total. The maximum Gasteiger partial charge on any atom is 0.191 e. The fraction of sp³-hybridized carbons (Fsp3) is 0.524. The number of nitrogens with zero attached hydrogens (tertiary/aromatic N) is 2. The lowest BCUT2D eigenvalue weighted by molar-refractivity contribution is 0.106. The highest BCUT2D eigenvalue weighted by Gasteiger charge is 2.13. The van der Waals surface area contributed by atoms with Crippen molar-refractivity contribution in [2.75, 3.05) is 20.2 Å². The molecule has 0 aliphatic carbocycles. The SMILES string of the molecule is CCNC(=NCc1cc(C(CC)CC)no1)NCC(OC)c1ccccc1. The molecule has 0 aliphatic rings. The third-order valence-corrected chi connectivity index (χ3v) is 4.63. The van der Waals surface area contributed by atoms with Crippen LogP contribution in [0, 0.1) is 0 Å². The molecule has 0 saturated carbocycles. The third-order valence-electron chi connectivity index (χ3n) is 4.63. The summed E-state index contributed by atoms with van der Waals surface area (Å²) in [5.41, 5.74) is 2.15. The number of aliphatic imine (C=N–C) groups is 1. The molecule has 2 aromatic rings. The van der Waals surface area contributed by atoms with Gasteiger partial charge >= 0.3 is 0 Å². The Morgan fingerprint density at radius 3 is 2.52 bits per heavy atom. The molecule has 0 bridgehead atoms. The number of guanidine groups is 1. The number of ether oxygens (including phenoxy) is 1. The molecule has 1 aromatic heterocycles. The molecule has 0 spiro atoms. The van der Waals surface area contributed by atoms with Crippen LogP contribution in [-0.2, 0) is 11.3 Å². The normalized spacial score (nSPS) is 13.0. The Hall–Kier alpha value is -2.34. The zero-order chi connectivity index (χ0) is 19.5. The second kappa shape index (κ2) is 11.4. The molecule has 0 aliphatic heterocycles. The zero-order valence-corrected chi connectivity index (χ0v) is 16.9. The Morgan fingerprint density at radius 1 is 1.15 bits per heavy atom. The lowest BCUT2D eigenvalue weighted by Gasteiger charge is -2.18. The summed E-state index contributed by atoms with van der Waals surface area (Å²) in [5, 5.41) is 10.8. The Labute approximate surface area is 162 Å². The quantitative estimate of drug-likeness (QED) is 0.487. The molecule has 27 heavy (non-hydrogen) atoms. The molecule has 1 aromatic carbocycles. The van der Waals surface area contributed by atoms with Crippen LogP contribution in [0.25, 0.3) is 0 Å². The Balaban J connectivity index is 1.97. The predicted octanol–water partition coefficient (Wildman–Crippen LogP) is 4.02. The average Bonchev–Trinajstić information content (AvgIpc) is 3.17. The van der Waals surface area contributed by atoms with E-state index in [-0.39, 0.29) is 6.10 Å². The van der Waals surface area contributed by atoms with E-state index >= 15 is 0 Å². The second-order valence-electron chi connectivity index (χ2n) is 6.44. The van der Waals surface area contributed by atoms with E-state index in [1.54, 1.807) is 7.11 Å². The highest BCUT2D eigenvalue weighted by Crippen LogP contribution is 2.22. The van der Waals surface area contributed by atoms with E-state index in [1.807, 2.05) is 31.2 Å². The van der Waals surface area contributed by atoms with Crippen molar-refractivity contribution in [1.82, 2.24) is 15.8 Å². The van der Waals surface area contributed by atoms with Crippen molar-refractivity contribution < 1.29 is 9.26 Å². The maximum atomic E-state index is 5.61. The van der Waals surface area contributed by atoms with Gasteiger partial charge in [0.2, 0.25) is 0 Å². The van der Waals surface area contributed by atoms with Crippen molar-refractivity contribution in [3.8, 4) is 0 Å². The number of methoxy groups -OCH3 is 1. The second-order valence-corrected chi connectivity index (χ2v) is 6.44. The summed E-state index contributed by atoms with van der Waals surface area (Å²) in [6.45, 7) is 8.25. The first-order valence-electron chi connectivity index (χ1n) is 9.77. The number of hydrogen-bond donors (Lipinski definition) is 2. The highest BCUT2D eigenvalue weighted by atomic mass is 16.5. The van der Waals surface area contributed by atoms with Crippen LogP contribution in [0.1, 0.15) is 62.7 Å². The number of hydrogen-bond acceptors (Lipinski definition) is 4. The van der Waals surface area contributed by atoms with Crippen molar-refractivity contribution >= 4 is 5.96 Å². The number of benzene rings is 1. The van der Waals surface area contributed by atoms with Crippen molar-refractivity contribution in [2.45, 2.75) is 52.2 Å². The summed E-state index contributed by atoms with van der Waals surface area (Å²) in [4.78, 5) is 4.61. The highest BCUT2D eigenvalue weighted by molar-refractivity contribution is 5.79. The van der Waals surface area contributed by atoms with Crippen molar-refractivity contribution in [3.63, 3.8) is 0 Å². The molecule has 6 heteroatoms. The summed E-state index contributed by atoms with van der Waals surface area (Å²) in [6.07, 6.45) is 2.09. The topological polar surface area (TPSA) is 71.7 Å². The van der Waals surface area contributed by atoms with Gasteiger partial charge in [0.15, 0.2) is 11.7 Å². The molecule has 0 saturated heterocycles. The molecule has 2 rings (SSSR count). The molecular weight excluding hydrogens is 340 g/mol. The first kappa shape index (κ1) is 21.0. The molecular formula is C21H32N4O2. The standard InChI is InChI=1S/C21H32N4O2/c1-5-16(6-2)19-13-18(27-25-19)14-23-21(22-7-3)24-15-20(26-4)17-11-9-8-10-12-17/h8-13,16,20H,5-7,14-15H2,1-4H3,(H2,22,23,24). The minimum atomic E-state index is -0.0400. The van der Waals surface area contributed by atoms with E-state index in [0.29, 0.717) is 19.0 Å².